The van der Waals surface area contributed by atoms with Gasteiger partial charge < -0.3 is 15.6 Å². The van der Waals surface area contributed by atoms with Gasteiger partial charge in [-0.15, -0.1) is 0 Å². The van der Waals surface area contributed by atoms with E-state index in [1.807, 2.05) is 18.2 Å². The van der Waals surface area contributed by atoms with E-state index in [2.05, 4.69) is 28.6 Å². The van der Waals surface area contributed by atoms with E-state index in [-0.39, 0.29) is 11.9 Å². The van der Waals surface area contributed by atoms with Crippen LogP contribution in [0.1, 0.15) is 22.5 Å². The quantitative estimate of drug-likeness (QED) is 0.750. The highest BCUT2D eigenvalue weighted by Crippen LogP contribution is 2.19. The number of hydrogen-bond acceptors (Lipinski definition) is 2. The van der Waals surface area contributed by atoms with Crippen LogP contribution in [0, 0.1) is 6.92 Å². The van der Waals surface area contributed by atoms with Crippen molar-refractivity contribution in [1.82, 2.24) is 15.6 Å². The average molecular weight is 243 g/mol. The molecule has 3 rings (SSSR count). The van der Waals surface area contributed by atoms with Crippen LogP contribution in [0.2, 0.25) is 0 Å². The van der Waals surface area contributed by atoms with Crippen LogP contribution in [0.4, 0.5) is 0 Å². The Balaban J connectivity index is 1.85. The molecule has 3 N–H and O–H groups in total. The molecule has 1 amide bonds. The average Bonchev–Trinajstić information content (AvgIpc) is 2.97. The van der Waals surface area contributed by atoms with Crippen LogP contribution >= 0.6 is 0 Å². The molecule has 0 unspecified atom stereocenters. The maximum Gasteiger partial charge on any atom is 0.267 e. The molecule has 0 bridgehead atoms. The summed E-state index contributed by atoms with van der Waals surface area (Å²) in [5, 5.41) is 7.40. The van der Waals surface area contributed by atoms with E-state index < -0.39 is 0 Å². The van der Waals surface area contributed by atoms with Gasteiger partial charge in [-0.2, -0.15) is 0 Å². The molecule has 4 heteroatoms. The molecular formula is C14H17N3O. The van der Waals surface area contributed by atoms with Gasteiger partial charge in [0.15, 0.2) is 0 Å². The number of fused-ring (bicyclic) bond motifs is 1. The highest BCUT2D eigenvalue weighted by atomic mass is 16.1. The maximum absolute atomic E-state index is 12.1. The lowest BCUT2D eigenvalue weighted by Gasteiger charge is -2.09. The second-order valence-electron chi connectivity index (χ2n) is 4.88. The van der Waals surface area contributed by atoms with Crippen molar-refractivity contribution in [2.75, 3.05) is 13.1 Å². The van der Waals surface area contributed by atoms with Crippen LogP contribution in [0.5, 0.6) is 0 Å². The van der Waals surface area contributed by atoms with Gasteiger partial charge in [0.25, 0.3) is 5.91 Å². The molecule has 1 atom stereocenters. The minimum absolute atomic E-state index is 0.0145. The normalized spacial score (nSPS) is 19.3. The molecule has 1 fully saturated rings. The van der Waals surface area contributed by atoms with Gasteiger partial charge in [-0.05, 0) is 37.6 Å². The summed E-state index contributed by atoms with van der Waals surface area (Å²) in [5.74, 6) is -0.0145. The zero-order valence-electron chi connectivity index (χ0n) is 10.4. The van der Waals surface area contributed by atoms with E-state index in [1.165, 1.54) is 5.56 Å². The third-order valence-electron chi connectivity index (χ3n) is 3.52. The molecule has 0 saturated carbocycles. The fourth-order valence-corrected chi connectivity index (χ4v) is 2.47. The van der Waals surface area contributed by atoms with Crippen LogP contribution in [0.3, 0.4) is 0 Å². The molecule has 0 spiro atoms. The summed E-state index contributed by atoms with van der Waals surface area (Å²) in [6.07, 6.45) is 1.00. The number of aromatic amines is 1. The highest BCUT2D eigenvalue weighted by molar-refractivity contribution is 5.98. The molecule has 2 heterocycles. The number of benzene rings is 1. The van der Waals surface area contributed by atoms with E-state index in [0.717, 1.165) is 30.4 Å². The van der Waals surface area contributed by atoms with Crippen LogP contribution in [-0.4, -0.2) is 30.0 Å². The smallest absolute Gasteiger partial charge is 0.267 e. The van der Waals surface area contributed by atoms with Gasteiger partial charge in [0.05, 0.1) is 0 Å². The number of carbonyl (C=O) groups excluding carboxylic acids is 1. The van der Waals surface area contributed by atoms with Gasteiger partial charge >= 0.3 is 0 Å². The number of carbonyl (C=O) groups is 1. The van der Waals surface area contributed by atoms with E-state index >= 15 is 0 Å². The monoisotopic (exact) mass is 243 g/mol. The second-order valence-corrected chi connectivity index (χ2v) is 4.88. The Morgan fingerprint density at radius 2 is 2.33 bits per heavy atom. The topological polar surface area (TPSA) is 56.9 Å². The Morgan fingerprint density at radius 3 is 3.06 bits per heavy atom. The van der Waals surface area contributed by atoms with Gasteiger partial charge in [0, 0.05) is 23.5 Å². The summed E-state index contributed by atoms with van der Waals surface area (Å²) in [4.78, 5) is 15.3. The predicted octanol–water partition coefficient (Wildman–Crippen LogP) is 1.57. The van der Waals surface area contributed by atoms with Crippen molar-refractivity contribution in [3.63, 3.8) is 0 Å². The van der Waals surface area contributed by atoms with Gasteiger partial charge in [-0.3, -0.25) is 4.79 Å². The summed E-state index contributed by atoms with van der Waals surface area (Å²) in [6.45, 7) is 3.90. The maximum atomic E-state index is 12.1. The number of aromatic nitrogens is 1. The zero-order chi connectivity index (χ0) is 12.5. The Labute approximate surface area is 106 Å². The largest absolute Gasteiger partial charge is 0.351 e. The number of aryl methyl sites for hydroxylation is 1. The number of nitrogens with one attached hydrogen (secondary N) is 3. The van der Waals surface area contributed by atoms with Crippen molar-refractivity contribution in [2.24, 2.45) is 0 Å². The molecule has 1 aromatic carbocycles. The Hall–Kier alpha value is -1.81. The van der Waals surface area contributed by atoms with Gasteiger partial charge in [-0.1, -0.05) is 12.1 Å². The van der Waals surface area contributed by atoms with Gasteiger partial charge in [0.1, 0.15) is 5.69 Å². The van der Waals surface area contributed by atoms with Crippen molar-refractivity contribution >= 4 is 16.8 Å². The molecule has 0 radical (unpaired) electrons. The van der Waals surface area contributed by atoms with Gasteiger partial charge in [0.2, 0.25) is 0 Å². The van der Waals surface area contributed by atoms with Gasteiger partial charge in [-0.25, -0.2) is 0 Å². The first-order valence-corrected chi connectivity index (χ1v) is 6.34. The van der Waals surface area contributed by atoms with Crippen molar-refractivity contribution in [3.05, 3.63) is 35.5 Å². The molecule has 94 valence electrons. The summed E-state index contributed by atoms with van der Waals surface area (Å²) >= 11 is 0. The molecule has 1 aromatic heterocycles. The zero-order valence-corrected chi connectivity index (χ0v) is 10.4. The first-order chi connectivity index (χ1) is 8.74. The number of rotatable bonds is 2. The summed E-state index contributed by atoms with van der Waals surface area (Å²) in [7, 11) is 0. The second kappa shape index (κ2) is 4.46. The first kappa shape index (κ1) is 11.3. The standard InChI is InChI=1S/C14H17N3O/c1-9-3-2-4-12-11(9)7-13(17-12)14(18)16-10-5-6-15-8-10/h2-4,7,10,15,17H,5-6,8H2,1H3,(H,16,18)/t10-/m0/s1. The minimum atomic E-state index is -0.0145. The van der Waals surface area contributed by atoms with Crippen molar-refractivity contribution in [1.29, 1.82) is 0 Å². The number of H-pyrrole nitrogens is 1. The molecule has 0 aliphatic carbocycles. The lowest BCUT2D eigenvalue weighted by Crippen LogP contribution is -2.36. The summed E-state index contributed by atoms with van der Waals surface area (Å²) in [6, 6.07) is 8.23. The van der Waals surface area contributed by atoms with E-state index in [4.69, 9.17) is 0 Å². The Bertz CT molecular complexity index is 582. The third kappa shape index (κ3) is 1.99. The number of amides is 1. The molecular weight excluding hydrogens is 226 g/mol. The highest BCUT2D eigenvalue weighted by Gasteiger charge is 2.18. The molecule has 2 aromatic rings. The Morgan fingerprint density at radius 1 is 1.44 bits per heavy atom. The lowest BCUT2D eigenvalue weighted by molar-refractivity contribution is 0.0936. The molecule has 4 nitrogen and oxygen atoms in total. The van der Waals surface area contributed by atoms with Crippen LogP contribution in [0.25, 0.3) is 10.9 Å². The first-order valence-electron chi connectivity index (χ1n) is 6.34. The van der Waals surface area contributed by atoms with Crippen molar-refractivity contribution < 1.29 is 4.79 Å². The molecule has 1 aliphatic rings. The molecule has 18 heavy (non-hydrogen) atoms. The minimum Gasteiger partial charge on any atom is -0.351 e. The predicted molar refractivity (Wildman–Crippen MR) is 71.8 cm³/mol. The SMILES string of the molecule is Cc1cccc2[nH]c(C(=O)N[C@H]3CCNC3)cc12. The fourth-order valence-electron chi connectivity index (χ4n) is 2.47. The van der Waals surface area contributed by atoms with Crippen LogP contribution < -0.4 is 10.6 Å². The van der Waals surface area contributed by atoms with Crippen molar-refractivity contribution in [3.8, 4) is 0 Å². The molecule has 1 aliphatic heterocycles. The summed E-state index contributed by atoms with van der Waals surface area (Å²) in [5.41, 5.74) is 2.85. The van der Waals surface area contributed by atoms with Crippen LogP contribution in [-0.2, 0) is 0 Å². The van der Waals surface area contributed by atoms with E-state index in [0.29, 0.717) is 5.69 Å². The third-order valence-corrected chi connectivity index (χ3v) is 3.52. The van der Waals surface area contributed by atoms with Crippen LogP contribution in [0.15, 0.2) is 24.3 Å². The Kier molecular flexibility index (Phi) is 2.80. The van der Waals surface area contributed by atoms with Crippen molar-refractivity contribution in [2.45, 2.75) is 19.4 Å². The van der Waals surface area contributed by atoms with E-state index in [1.54, 1.807) is 0 Å². The lowest BCUT2D eigenvalue weighted by atomic mass is 10.1. The van der Waals surface area contributed by atoms with E-state index in [9.17, 15) is 4.79 Å². The number of hydrogen-bond donors (Lipinski definition) is 3. The fraction of sp³-hybridized carbons (Fsp3) is 0.357. The summed E-state index contributed by atoms with van der Waals surface area (Å²) < 4.78 is 0. The molecule has 1 saturated heterocycles.